The number of pyridine rings is 1. The first-order chi connectivity index (χ1) is 9.00. The Bertz CT molecular complexity index is 601. The summed E-state index contributed by atoms with van der Waals surface area (Å²) < 4.78 is 39.7. The van der Waals surface area contributed by atoms with Crippen molar-refractivity contribution in [2.75, 3.05) is 0 Å². The van der Waals surface area contributed by atoms with Gasteiger partial charge in [-0.05, 0) is 24.6 Å². The number of hydrogen-bond donors (Lipinski definition) is 0. The molecule has 0 aliphatic heterocycles. The number of aromatic nitrogens is 1. The van der Waals surface area contributed by atoms with Crippen LogP contribution in [0.4, 0.5) is 13.2 Å². The minimum atomic E-state index is -1.44. The molecular weight excluding hydrogens is 319 g/mol. The fourth-order valence-electron chi connectivity index (χ4n) is 1.79. The molecule has 2 aromatic rings. The monoisotopic (exact) mass is 329 g/mol. The van der Waals surface area contributed by atoms with Gasteiger partial charge < -0.3 is 0 Å². The van der Waals surface area contributed by atoms with Crippen molar-refractivity contribution >= 4 is 15.9 Å². The maximum absolute atomic E-state index is 13.7. The first kappa shape index (κ1) is 14.1. The third-order valence-corrected chi connectivity index (χ3v) is 3.71. The summed E-state index contributed by atoms with van der Waals surface area (Å²) in [7, 11) is 0. The summed E-state index contributed by atoms with van der Waals surface area (Å²) in [4.78, 5) is 3.73. The van der Waals surface area contributed by atoms with Crippen LogP contribution in [0.15, 0.2) is 30.5 Å². The Morgan fingerprint density at radius 1 is 1.16 bits per heavy atom. The quantitative estimate of drug-likeness (QED) is 0.597. The van der Waals surface area contributed by atoms with Gasteiger partial charge in [0.2, 0.25) is 0 Å². The molecule has 1 heterocycles. The Morgan fingerprint density at radius 2 is 1.89 bits per heavy atom. The highest BCUT2D eigenvalue weighted by Crippen LogP contribution is 2.30. The van der Waals surface area contributed by atoms with Crippen molar-refractivity contribution < 1.29 is 13.2 Å². The zero-order valence-electron chi connectivity index (χ0n) is 10.1. The van der Waals surface area contributed by atoms with E-state index in [1.165, 1.54) is 6.07 Å². The fourth-order valence-corrected chi connectivity index (χ4v) is 2.45. The summed E-state index contributed by atoms with van der Waals surface area (Å²) in [5.74, 6) is -3.79. The molecule has 1 unspecified atom stereocenters. The van der Waals surface area contributed by atoms with Crippen LogP contribution in [0, 0.1) is 24.4 Å². The zero-order chi connectivity index (χ0) is 14.0. The van der Waals surface area contributed by atoms with Crippen molar-refractivity contribution in [3.63, 3.8) is 0 Å². The second-order valence-corrected chi connectivity index (χ2v) is 5.31. The van der Waals surface area contributed by atoms with E-state index in [1.807, 2.05) is 13.0 Å². The Hall–Kier alpha value is -1.36. The summed E-state index contributed by atoms with van der Waals surface area (Å²) >= 11 is 3.30. The smallest absolute Gasteiger partial charge is 0.194 e. The largest absolute Gasteiger partial charge is 0.261 e. The minimum Gasteiger partial charge on any atom is -0.261 e. The summed E-state index contributed by atoms with van der Waals surface area (Å²) in [5.41, 5.74) is 1.84. The Kier molecular flexibility index (Phi) is 4.24. The molecule has 0 saturated carbocycles. The SMILES string of the molecule is Cc1cccnc1CC(Br)c1ccc(F)c(F)c1F. The van der Waals surface area contributed by atoms with Crippen LogP contribution in [0.2, 0.25) is 0 Å². The standard InChI is InChI=1S/C14H11BrF3N/c1-8-3-2-6-19-12(8)7-10(15)9-4-5-11(16)14(18)13(9)17/h2-6,10H,7H2,1H3. The van der Waals surface area contributed by atoms with E-state index in [0.717, 1.165) is 17.3 Å². The van der Waals surface area contributed by atoms with Crippen LogP contribution in [-0.2, 0) is 6.42 Å². The van der Waals surface area contributed by atoms with Gasteiger partial charge in [0.1, 0.15) is 0 Å². The summed E-state index contributed by atoms with van der Waals surface area (Å²) in [6, 6.07) is 5.86. The molecule has 1 atom stereocenters. The van der Waals surface area contributed by atoms with Gasteiger partial charge >= 0.3 is 0 Å². The number of rotatable bonds is 3. The lowest BCUT2D eigenvalue weighted by molar-refractivity contribution is 0.440. The van der Waals surface area contributed by atoms with E-state index in [-0.39, 0.29) is 5.56 Å². The lowest BCUT2D eigenvalue weighted by atomic mass is 10.0. The maximum atomic E-state index is 13.7. The molecule has 0 N–H and O–H groups in total. The van der Waals surface area contributed by atoms with E-state index in [2.05, 4.69) is 20.9 Å². The van der Waals surface area contributed by atoms with Gasteiger partial charge in [-0.15, -0.1) is 0 Å². The van der Waals surface area contributed by atoms with Crippen molar-refractivity contribution in [2.45, 2.75) is 18.2 Å². The molecule has 100 valence electrons. The Balaban J connectivity index is 2.28. The van der Waals surface area contributed by atoms with Crippen molar-refractivity contribution in [1.29, 1.82) is 0 Å². The summed E-state index contributed by atoms with van der Waals surface area (Å²) in [6.07, 6.45) is 2.04. The molecule has 1 aromatic carbocycles. The van der Waals surface area contributed by atoms with Gasteiger partial charge in [-0.3, -0.25) is 4.98 Å². The zero-order valence-corrected chi connectivity index (χ0v) is 11.7. The lowest BCUT2D eigenvalue weighted by Gasteiger charge is -2.12. The first-order valence-electron chi connectivity index (χ1n) is 5.68. The topological polar surface area (TPSA) is 12.9 Å². The molecule has 0 radical (unpaired) electrons. The number of halogens is 4. The van der Waals surface area contributed by atoms with Gasteiger partial charge in [0.15, 0.2) is 17.5 Å². The van der Waals surface area contributed by atoms with E-state index in [9.17, 15) is 13.2 Å². The molecule has 0 aliphatic rings. The Morgan fingerprint density at radius 3 is 2.58 bits per heavy atom. The second kappa shape index (κ2) is 5.74. The molecule has 2 rings (SSSR count). The molecule has 0 bridgehead atoms. The predicted octanol–water partition coefficient (Wildman–Crippen LogP) is 4.49. The average molecular weight is 330 g/mol. The molecular formula is C14H11BrF3N. The minimum absolute atomic E-state index is 0.0870. The highest BCUT2D eigenvalue weighted by atomic mass is 79.9. The van der Waals surface area contributed by atoms with Gasteiger partial charge in [-0.1, -0.05) is 28.1 Å². The first-order valence-corrected chi connectivity index (χ1v) is 6.60. The fraction of sp³-hybridized carbons (Fsp3) is 0.214. The third kappa shape index (κ3) is 2.97. The van der Waals surface area contributed by atoms with E-state index in [4.69, 9.17) is 0 Å². The third-order valence-electron chi connectivity index (χ3n) is 2.89. The molecule has 0 aliphatic carbocycles. The highest BCUT2D eigenvalue weighted by molar-refractivity contribution is 9.09. The van der Waals surface area contributed by atoms with Crippen molar-refractivity contribution in [3.8, 4) is 0 Å². The average Bonchev–Trinajstić information content (AvgIpc) is 2.39. The molecule has 0 spiro atoms. The highest BCUT2D eigenvalue weighted by Gasteiger charge is 2.20. The summed E-state index contributed by atoms with van der Waals surface area (Å²) in [6.45, 7) is 1.89. The normalized spacial score (nSPS) is 12.5. The molecule has 0 amide bonds. The lowest BCUT2D eigenvalue weighted by Crippen LogP contribution is -2.04. The van der Waals surface area contributed by atoms with E-state index < -0.39 is 22.3 Å². The van der Waals surface area contributed by atoms with Crippen LogP contribution in [0.5, 0.6) is 0 Å². The van der Waals surface area contributed by atoms with Crippen molar-refractivity contribution in [2.24, 2.45) is 0 Å². The number of hydrogen-bond acceptors (Lipinski definition) is 1. The van der Waals surface area contributed by atoms with Crippen LogP contribution in [0.1, 0.15) is 21.6 Å². The number of alkyl halides is 1. The Labute approximate surface area is 117 Å². The van der Waals surface area contributed by atoms with Crippen LogP contribution < -0.4 is 0 Å². The van der Waals surface area contributed by atoms with Gasteiger partial charge in [0.05, 0.1) is 0 Å². The maximum Gasteiger partial charge on any atom is 0.194 e. The van der Waals surface area contributed by atoms with E-state index in [1.54, 1.807) is 12.3 Å². The van der Waals surface area contributed by atoms with Crippen LogP contribution in [0.3, 0.4) is 0 Å². The molecule has 1 aromatic heterocycles. The van der Waals surface area contributed by atoms with Crippen LogP contribution in [-0.4, -0.2) is 4.98 Å². The number of benzene rings is 1. The van der Waals surface area contributed by atoms with Crippen LogP contribution in [0.25, 0.3) is 0 Å². The molecule has 0 saturated heterocycles. The van der Waals surface area contributed by atoms with E-state index >= 15 is 0 Å². The summed E-state index contributed by atoms with van der Waals surface area (Å²) in [5, 5.41) is 0. The van der Waals surface area contributed by atoms with Gasteiger partial charge in [-0.2, -0.15) is 0 Å². The molecule has 0 fully saturated rings. The second-order valence-electron chi connectivity index (χ2n) is 4.20. The van der Waals surface area contributed by atoms with E-state index in [0.29, 0.717) is 6.42 Å². The van der Waals surface area contributed by atoms with Gasteiger partial charge in [0, 0.05) is 28.7 Å². The van der Waals surface area contributed by atoms with Gasteiger partial charge in [-0.25, -0.2) is 13.2 Å². The number of aryl methyl sites for hydroxylation is 1. The van der Waals surface area contributed by atoms with Crippen molar-refractivity contribution in [3.05, 3.63) is 64.7 Å². The molecule has 19 heavy (non-hydrogen) atoms. The van der Waals surface area contributed by atoms with Gasteiger partial charge in [0.25, 0.3) is 0 Å². The van der Waals surface area contributed by atoms with Crippen molar-refractivity contribution in [1.82, 2.24) is 4.98 Å². The molecule has 5 heteroatoms. The van der Waals surface area contributed by atoms with Crippen LogP contribution >= 0.6 is 15.9 Å². The molecule has 1 nitrogen and oxygen atoms in total. The number of nitrogens with zero attached hydrogens (tertiary/aromatic N) is 1. The predicted molar refractivity (Wildman–Crippen MR) is 70.7 cm³/mol.